The lowest BCUT2D eigenvalue weighted by Gasteiger charge is -2.12. The molecule has 0 fully saturated rings. The molecule has 2 rings (SSSR count). The van der Waals surface area contributed by atoms with E-state index in [-0.39, 0.29) is 0 Å². The Hall–Kier alpha value is -1.97. The number of aromatic nitrogens is 1. The molecule has 1 N–H and O–H groups in total. The van der Waals surface area contributed by atoms with Crippen molar-refractivity contribution >= 4 is 16.9 Å². The fraction of sp³-hybridized carbons (Fsp3) is 0.357. The van der Waals surface area contributed by atoms with Crippen LogP contribution in [0.15, 0.2) is 24.4 Å². The van der Waals surface area contributed by atoms with Gasteiger partial charge in [0.15, 0.2) is 0 Å². The van der Waals surface area contributed by atoms with Gasteiger partial charge in [0, 0.05) is 18.6 Å². The maximum atomic E-state index is 10.9. The number of carboxylic acid groups (broad SMARTS) is 1. The van der Waals surface area contributed by atoms with Crippen molar-refractivity contribution in [3.05, 3.63) is 30.0 Å². The van der Waals surface area contributed by atoms with Gasteiger partial charge < -0.3 is 14.4 Å². The van der Waals surface area contributed by atoms with E-state index in [9.17, 15) is 4.79 Å². The highest BCUT2D eigenvalue weighted by atomic mass is 16.5. The second kappa shape index (κ2) is 4.72. The van der Waals surface area contributed by atoms with Gasteiger partial charge in [-0.15, -0.1) is 0 Å². The second-order valence-electron chi connectivity index (χ2n) is 4.56. The lowest BCUT2D eigenvalue weighted by Crippen LogP contribution is -2.12. The molecule has 0 amide bonds. The summed E-state index contributed by atoms with van der Waals surface area (Å²) in [5.74, 6) is -0.425. The molecule has 1 aromatic carbocycles. The summed E-state index contributed by atoms with van der Waals surface area (Å²) in [4.78, 5) is 10.9. The number of nitrogens with zero attached hydrogens (tertiary/aromatic N) is 1. The van der Waals surface area contributed by atoms with Crippen LogP contribution in [0.2, 0.25) is 0 Å². The molecule has 0 bridgehead atoms. The van der Waals surface area contributed by atoms with Crippen molar-refractivity contribution in [1.82, 2.24) is 4.57 Å². The normalized spacial score (nSPS) is 12.6. The SMILES string of the molecule is COc1c(CC(C)C(=O)O)ccc2c1ccn2C. The number of carbonyl (C=O) groups is 1. The van der Waals surface area contributed by atoms with Crippen LogP contribution < -0.4 is 4.74 Å². The van der Waals surface area contributed by atoms with E-state index < -0.39 is 11.9 Å². The van der Waals surface area contributed by atoms with Crippen molar-refractivity contribution in [3.8, 4) is 5.75 Å². The van der Waals surface area contributed by atoms with E-state index in [0.29, 0.717) is 6.42 Å². The van der Waals surface area contributed by atoms with Crippen LogP contribution >= 0.6 is 0 Å². The van der Waals surface area contributed by atoms with Crippen LogP contribution in [0.3, 0.4) is 0 Å². The summed E-state index contributed by atoms with van der Waals surface area (Å²) in [7, 11) is 3.60. The van der Waals surface area contributed by atoms with E-state index in [1.807, 2.05) is 36.0 Å². The van der Waals surface area contributed by atoms with Gasteiger partial charge in [-0.25, -0.2) is 0 Å². The Balaban J connectivity index is 2.48. The molecule has 1 atom stereocenters. The summed E-state index contributed by atoms with van der Waals surface area (Å²) >= 11 is 0. The minimum atomic E-state index is -0.787. The zero-order chi connectivity index (χ0) is 13.3. The minimum Gasteiger partial charge on any atom is -0.496 e. The number of fused-ring (bicyclic) bond motifs is 1. The van der Waals surface area contributed by atoms with Gasteiger partial charge in [0.05, 0.1) is 18.5 Å². The van der Waals surface area contributed by atoms with E-state index >= 15 is 0 Å². The predicted octanol–water partition coefficient (Wildman–Crippen LogP) is 2.45. The number of carboxylic acids is 1. The summed E-state index contributed by atoms with van der Waals surface area (Å²) < 4.78 is 7.46. The highest BCUT2D eigenvalue weighted by molar-refractivity contribution is 5.88. The lowest BCUT2D eigenvalue weighted by atomic mass is 9.99. The molecule has 0 aliphatic heterocycles. The van der Waals surface area contributed by atoms with E-state index in [0.717, 1.165) is 22.2 Å². The molecule has 0 radical (unpaired) electrons. The maximum Gasteiger partial charge on any atom is 0.306 e. The molecule has 1 unspecified atom stereocenters. The molecule has 0 aliphatic carbocycles. The Bertz CT molecular complexity index is 586. The van der Waals surface area contributed by atoms with Gasteiger partial charge in [-0.05, 0) is 24.1 Å². The molecule has 0 saturated heterocycles. The van der Waals surface area contributed by atoms with Gasteiger partial charge in [-0.2, -0.15) is 0 Å². The van der Waals surface area contributed by atoms with Crippen molar-refractivity contribution in [2.24, 2.45) is 13.0 Å². The van der Waals surface area contributed by atoms with Crippen LogP contribution in [0, 0.1) is 5.92 Å². The molecule has 4 heteroatoms. The van der Waals surface area contributed by atoms with Crippen molar-refractivity contribution in [3.63, 3.8) is 0 Å². The van der Waals surface area contributed by atoms with Crippen LogP contribution in [0.1, 0.15) is 12.5 Å². The number of aryl methyl sites for hydroxylation is 1. The van der Waals surface area contributed by atoms with E-state index in [4.69, 9.17) is 9.84 Å². The van der Waals surface area contributed by atoms with Crippen molar-refractivity contribution < 1.29 is 14.6 Å². The summed E-state index contributed by atoms with van der Waals surface area (Å²) in [5, 5.41) is 10.0. The van der Waals surface area contributed by atoms with Crippen molar-refractivity contribution in [2.45, 2.75) is 13.3 Å². The first kappa shape index (κ1) is 12.5. The zero-order valence-corrected chi connectivity index (χ0v) is 10.8. The van der Waals surface area contributed by atoms with E-state index in [1.54, 1.807) is 14.0 Å². The molecule has 1 heterocycles. The quantitative estimate of drug-likeness (QED) is 0.902. The molecule has 0 aliphatic rings. The molecule has 2 aromatic rings. The smallest absolute Gasteiger partial charge is 0.306 e. The Morgan fingerprint density at radius 3 is 2.78 bits per heavy atom. The minimum absolute atomic E-state index is 0.417. The van der Waals surface area contributed by atoms with Gasteiger partial charge in [0.1, 0.15) is 5.75 Å². The predicted molar refractivity (Wildman–Crippen MR) is 70.0 cm³/mol. The number of hydrogen-bond acceptors (Lipinski definition) is 2. The fourth-order valence-corrected chi connectivity index (χ4v) is 2.19. The molecule has 4 nitrogen and oxygen atoms in total. The van der Waals surface area contributed by atoms with Gasteiger partial charge >= 0.3 is 5.97 Å². The monoisotopic (exact) mass is 247 g/mol. The molecule has 0 saturated carbocycles. The highest BCUT2D eigenvalue weighted by Crippen LogP contribution is 2.31. The average Bonchev–Trinajstić information content (AvgIpc) is 2.71. The molecule has 0 spiro atoms. The summed E-state index contributed by atoms with van der Waals surface area (Å²) in [6.45, 7) is 1.71. The topological polar surface area (TPSA) is 51.5 Å². The Morgan fingerprint density at radius 1 is 1.44 bits per heavy atom. The third kappa shape index (κ3) is 2.06. The largest absolute Gasteiger partial charge is 0.496 e. The van der Waals surface area contributed by atoms with Gasteiger partial charge in [-0.3, -0.25) is 4.79 Å². The average molecular weight is 247 g/mol. The number of aliphatic carboxylic acids is 1. The zero-order valence-electron chi connectivity index (χ0n) is 10.8. The number of hydrogen-bond donors (Lipinski definition) is 1. The summed E-state index contributed by atoms with van der Waals surface area (Å²) in [6.07, 6.45) is 2.45. The van der Waals surface area contributed by atoms with Gasteiger partial charge in [0.2, 0.25) is 0 Å². The number of rotatable bonds is 4. The highest BCUT2D eigenvalue weighted by Gasteiger charge is 2.16. The standard InChI is InChI=1S/C14H17NO3/c1-9(14(16)17)8-10-4-5-12-11(13(10)18-3)6-7-15(12)2/h4-7,9H,8H2,1-3H3,(H,16,17). The summed E-state index contributed by atoms with van der Waals surface area (Å²) in [6, 6.07) is 5.94. The lowest BCUT2D eigenvalue weighted by molar-refractivity contribution is -0.141. The molecular weight excluding hydrogens is 230 g/mol. The van der Waals surface area contributed by atoms with Crippen molar-refractivity contribution in [1.29, 1.82) is 0 Å². The second-order valence-corrected chi connectivity index (χ2v) is 4.56. The van der Waals surface area contributed by atoms with Gasteiger partial charge in [-0.1, -0.05) is 13.0 Å². The number of ether oxygens (including phenoxy) is 1. The first-order chi connectivity index (χ1) is 8.54. The molecular formula is C14H17NO3. The van der Waals surface area contributed by atoms with E-state index in [2.05, 4.69) is 0 Å². The Labute approximate surface area is 106 Å². The molecule has 18 heavy (non-hydrogen) atoms. The Morgan fingerprint density at radius 2 is 2.17 bits per heavy atom. The number of methoxy groups -OCH3 is 1. The van der Waals surface area contributed by atoms with Crippen LogP contribution in [0.25, 0.3) is 10.9 Å². The number of benzene rings is 1. The van der Waals surface area contributed by atoms with Crippen LogP contribution in [0.5, 0.6) is 5.75 Å². The third-order valence-corrected chi connectivity index (χ3v) is 3.25. The van der Waals surface area contributed by atoms with Crippen LogP contribution in [-0.2, 0) is 18.3 Å². The third-order valence-electron chi connectivity index (χ3n) is 3.25. The fourth-order valence-electron chi connectivity index (χ4n) is 2.19. The van der Waals surface area contributed by atoms with Gasteiger partial charge in [0.25, 0.3) is 0 Å². The first-order valence-corrected chi connectivity index (χ1v) is 5.88. The summed E-state index contributed by atoms with van der Waals surface area (Å²) in [5.41, 5.74) is 2.02. The van der Waals surface area contributed by atoms with Crippen molar-refractivity contribution in [2.75, 3.05) is 7.11 Å². The van der Waals surface area contributed by atoms with Crippen LogP contribution in [-0.4, -0.2) is 22.8 Å². The molecule has 1 aromatic heterocycles. The van der Waals surface area contributed by atoms with E-state index in [1.165, 1.54) is 0 Å². The first-order valence-electron chi connectivity index (χ1n) is 5.88. The molecule has 96 valence electrons. The maximum absolute atomic E-state index is 10.9. The van der Waals surface area contributed by atoms with Crippen LogP contribution in [0.4, 0.5) is 0 Å². The Kier molecular flexibility index (Phi) is 3.28.